The van der Waals surface area contributed by atoms with E-state index in [1.165, 1.54) is 16.3 Å². The molecular formula is C13H14ClN. The van der Waals surface area contributed by atoms with Gasteiger partial charge in [-0.25, -0.2) is 0 Å². The van der Waals surface area contributed by atoms with Gasteiger partial charge in [-0.15, -0.1) is 11.6 Å². The highest BCUT2D eigenvalue weighted by Gasteiger charge is 1.98. The number of benzene rings is 2. The Balaban J connectivity index is 2.26. The van der Waals surface area contributed by atoms with Gasteiger partial charge in [0.2, 0.25) is 0 Å². The minimum absolute atomic E-state index is 0.519. The fourth-order valence-corrected chi connectivity index (χ4v) is 1.93. The number of fused-ring (bicyclic) bond motifs is 1. The number of halogens is 1. The molecule has 1 nitrogen and oxygen atoms in total. The van der Waals surface area contributed by atoms with E-state index in [0.29, 0.717) is 6.00 Å². The Hall–Kier alpha value is -1.05. The van der Waals surface area contributed by atoms with Crippen LogP contribution < -0.4 is 5.32 Å². The Kier molecular flexibility index (Phi) is 3.59. The zero-order valence-electron chi connectivity index (χ0n) is 8.54. The van der Waals surface area contributed by atoms with Crippen molar-refractivity contribution in [3.8, 4) is 0 Å². The second-order valence-corrected chi connectivity index (χ2v) is 3.79. The summed E-state index contributed by atoms with van der Waals surface area (Å²) < 4.78 is 0. The molecule has 0 saturated carbocycles. The van der Waals surface area contributed by atoms with Crippen molar-refractivity contribution in [2.45, 2.75) is 6.42 Å². The fourth-order valence-electron chi connectivity index (χ4n) is 1.80. The highest BCUT2D eigenvalue weighted by Crippen LogP contribution is 2.18. The maximum atomic E-state index is 5.57. The Morgan fingerprint density at radius 2 is 1.80 bits per heavy atom. The first-order chi connectivity index (χ1) is 7.42. The van der Waals surface area contributed by atoms with Crippen molar-refractivity contribution in [3.05, 3.63) is 48.0 Å². The predicted octanol–water partition coefficient (Wildman–Crippen LogP) is 3.17. The third kappa shape index (κ3) is 2.49. The van der Waals surface area contributed by atoms with Gasteiger partial charge in [0.1, 0.15) is 0 Å². The van der Waals surface area contributed by atoms with Crippen molar-refractivity contribution >= 4 is 22.4 Å². The molecule has 0 unspecified atom stereocenters. The number of rotatable bonds is 4. The SMILES string of the molecule is ClCNCCc1cccc2ccccc12. The van der Waals surface area contributed by atoms with E-state index in [-0.39, 0.29) is 0 Å². The van der Waals surface area contributed by atoms with Crippen LogP contribution in [0.2, 0.25) is 0 Å². The Morgan fingerprint density at radius 1 is 1.00 bits per heavy atom. The number of nitrogens with one attached hydrogen (secondary N) is 1. The summed E-state index contributed by atoms with van der Waals surface area (Å²) in [6, 6.07) is 15.4. The average molecular weight is 220 g/mol. The number of hydrogen-bond donors (Lipinski definition) is 1. The van der Waals surface area contributed by atoms with Gasteiger partial charge in [0.15, 0.2) is 0 Å². The molecule has 2 aromatic carbocycles. The Morgan fingerprint density at radius 3 is 2.67 bits per heavy atom. The molecule has 0 radical (unpaired) electrons. The normalized spacial score (nSPS) is 10.7. The maximum absolute atomic E-state index is 5.57. The summed E-state index contributed by atoms with van der Waals surface area (Å²) in [5.74, 6) is 0. The van der Waals surface area contributed by atoms with Crippen LogP contribution in [0.25, 0.3) is 10.8 Å². The summed E-state index contributed by atoms with van der Waals surface area (Å²) in [6.07, 6.45) is 1.02. The second-order valence-electron chi connectivity index (χ2n) is 3.52. The van der Waals surface area contributed by atoms with E-state index in [0.717, 1.165) is 13.0 Å². The molecule has 0 aromatic heterocycles. The molecule has 0 amide bonds. The summed E-state index contributed by atoms with van der Waals surface area (Å²) in [7, 11) is 0. The zero-order valence-corrected chi connectivity index (χ0v) is 9.30. The molecule has 15 heavy (non-hydrogen) atoms. The molecule has 2 rings (SSSR count). The summed E-state index contributed by atoms with van der Waals surface area (Å²) in [6.45, 7) is 0.928. The van der Waals surface area contributed by atoms with Crippen LogP contribution in [-0.2, 0) is 6.42 Å². The standard InChI is InChI=1S/C13H14ClN/c14-10-15-9-8-12-6-3-5-11-4-1-2-7-13(11)12/h1-7,15H,8-10H2. The van der Waals surface area contributed by atoms with Gasteiger partial charge in [-0.3, -0.25) is 0 Å². The first kappa shape index (κ1) is 10.5. The quantitative estimate of drug-likeness (QED) is 0.473. The highest BCUT2D eigenvalue weighted by atomic mass is 35.5. The lowest BCUT2D eigenvalue weighted by molar-refractivity contribution is 0.773. The van der Waals surface area contributed by atoms with Crippen molar-refractivity contribution in [2.24, 2.45) is 0 Å². The topological polar surface area (TPSA) is 12.0 Å². The van der Waals surface area contributed by atoms with Crippen molar-refractivity contribution in [1.29, 1.82) is 0 Å². The molecule has 0 atom stereocenters. The molecule has 2 aromatic rings. The van der Waals surface area contributed by atoms with E-state index in [4.69, 9.17) is 11.6 Å². The molecule has 78 valence electrons. The van der Waals surface area contributed by atoms with E-state index in [9.17, 15) is 0 Å². The summed E-state index contributed by atoms with van der Waals surface area (Å²) in [4.78, 5) is 0. The molecule has 0 spiro atoms. The summed E-state index contributed by atoms with van der Waals surface area (Å²) in [5, 5.41) is 5.78. The molecule has 0 heterocycles. The summed E-state index contributed by atoms with van der Waals surface area (Å²) >= 11 is 5.57. The fraction of sp³-hybridized carbons (Fsp3) is 0.231. The van der Waals surface area contributed by atoms with Crippen molar-refractivity contribution in [3.63, 3.8) is 0 Å². The number of hydrogen-bond acceptors (Lipinski definition) is 1. The third-order valence-electron chi connectivity index (χ3n) is 2.55. The molecule has 0 bridgehead atoms. The molecule has 1 N–H and O–H groups in total. The van der Waals surface area contributed by atoms with Crippen LogP contribution >= 0.6 is 11.6 Å². The molecule has 0 aliphatic heterocycles. The lowest BCUT2D eigenvalue weighted by Gasteiger charge is -2.06. The second kappa shape index (κ2) is 5.15. The first-order valence-corrected chi connectivity index (χ1v) is 5.68. The molecule has 2 heteroatoms. The van der Waals surface area contributed by atoms with Crippen LogP contribution in [0.1, 0.15) is 5.56 Å². The van der Waals surface area contributed by atoms with Crippen molar-refractivity contribution in [1.82, 2.24) is 5.32 Å². The molecule has 0 aliphatic rings. The van der Waals surface area contributed by atoms with Crippen molar-refractivity contribution in [2.75, 3.05) is 12.5 Å². The van der Waals surface area contributed by atoms with E-state index in [2.05, 4.69) is 47.8 Å². The highest BCUT2D eigenvalue weighted by molar-refractivity contribution is 6.17. The minimum atomic E-state index is 0.519. The maximum Gasteiger partial charge on any atom is 0.0713 e. The van der Waals surface area contributed by atoms with Gasteiger partial charge in [0, 0.05) is 6.54 Å². The Labute approximate surface area is 95.1 Å². The predicted molar refractivity (Wildman–Crippen MR) is 66.4 cm³/mol. The van der Waals surface area contributed by atoms with Gasteiger partial charge in [-0.2, -0.15) is 0 Å². The van der Waals surface area contributed by atoms with Crippen LogP contribution in [0.5, 0.6) is 0 Å². The van der Waals surface area contributed by atoms with E-state index in [1.807, 2.05) is 0 Å². The third-order valence-corrected chi connectivity index (χ3v) is 2.73. The van der Waals surface area contributed by atoms with Gasteiger partial charge in [-0.05, 0) is 22.8 Å². The van der Waals surface area contributed by atoms with Crippen LogP contribution in [-0.4, -0.2) is 12.5 Å². The first-order valence-electron chi connectivity index (χ1n) is 5.15. The lowest BCUT2D eigenvalue weighted by atomic mass is 10.0. The van der Waals surface area contributed by atoms with Crippen LogP contribution in [0.4, 0.5) is 0 Å². The Bertz CT molecular complexity index is 434. The van der Waals surface area contributed by atoms with Gasteiger partial charge in [0.25, 0.3) is 0 Å². The van der Waals surface area contributed by atoms with Crippen LogP contribution in [0.15, 0.2) is 42.5 Å². The lowest BCUT2D eigenvalue weighted by Crippen LogP contribution is -2.14. The van der Waals surface area contributed by atoms with E-state index in [1.54, 1.807) is 0 Å². The average Bonchev–Trinajstić information content (AvgIpc) is 2.30. The number of alkyl halides is 1. The van der Waals surface area contributed by atoms with Gasteiger partial charge in [0.05, 0.1) is 6.00 Å². The molecule has 0 fully saturated rings. The van der Waals surface area contributed by atoms with E-state index >= 15 is 0 Å². The van der Waals surface area contributed by atoms with E-state index < -0.39 is 0 Å². The zero-order chi connectivity index (χ0) is 10.5. The molecule has 0 aliphatic carbocycles. The van der Waals surface area contributed by atoms with Crippen LogP contribution in [0.3, 0.4) is 0 Å². The van der Waals surface area contributed by atoms with Crippen molar-refractivity contribution < 1.29 is 0 Å². The van der Waals surface area contributed by atoms with Gasteiger partial charge < -0.3 is 5.32 Å². The van der Waals surface area contributed by atoms with Gasteiger partial charge in [-0.1, -0.05) is 42.5 Å². The molecular weight excluding hydrogens is 206 g/mol. The largest absolute Gasteiger partial charge is 0.304 e. The monoisotopic (exact) mass is 219 g/mol. The smallest absolute Gasteiger partial charge is 0.0713 e. The minimum Gasteiger partial charge on any atom is -0.304 e. The van der Waals surface area contributed by atoms with Gasteiger partial charge >= 0.3 is 0 Å². The van der Waals surface area contributed by atoms with Crippen LogP contribution in [0, 0.1) is 0 Å². The molecule has 0 saturated heterocycles. The summed E-state index contributed by atoms with van der Waals surface area (Å²) in [5.41, 5.74) is 1.38.